The van der Waals surface area contributed by atoms with E-state index >= 15 is 0 Å². The number of carbonyl (C=O) groups excluding carboxylic acids is 3. The first-order chi connectivity index (χ1) is 14.3. The maximum absolute atomic E-state index is 13.9. The van der Waals surface area contributed by atoms with Crippen molar-refractivity contribution in [1.29, 1.82) is 0 Å². The number of hydrogen-bond donors (Lipinski definition) is 1. The molecule has 2 aliphatic heterocycles. The molecule has 1 aliphatic carbocycles. The Kier molecular flexibility index (Phi) is 5.13. The predicted molar refractivity (Wildman–Crippen MR) is 110 cm³/mol. The number of hydrazone groups is 1. The van der Waals surface area contributed by atoms with E-state index in [-0.39, 0.29) is 36.5 Å². The Morgan fingerprint density at radius 1 is 1.27 bits per heavy atom. The van der Waals surface area contributed by atoms with Crippen molar-refractivity contribution in [3.63, 3.8) is 0 Å². The van der Waals surface area contributed by atoms with Crippen LogP contribution in [0.5, 0.6) is 0 Å². The van der Waals surface area contributed by atoms with Crippen LogP contribution in [0.25, 0.3) is 0 Å². The lowest BCUT2D eigenvalue weighted by Crippen LogP contribution is -2.61. The summed E-state index contributed by atoms with van der Waals surface area (Å²) in [7, 11) is 0. The summed E-state index contributed by atoms with van der Waals surface area (Å²) in [5, 5.41) is 7.33. The number of rotatable bonds is 5. The van der Waals surface area contributed by atoms with Gasteiger partial charge in [-0.2, -0.15) is 5.10 Å². The molecule has 0 unspecified atom stereocenters. The van der Waals surface area contributed by atoms with Crippen molar-refractivity contribution in [2.75, 3.05) is 6.61 Å². The zero-order valence-electron chi connectivity index (χ0n) is 17.7. The van der Waals surface area contributed by atoms with Gasteiger partial charge in [0.25, 0.3) is 5.91 Å². The van der Waals surface area contributed by atoms with Crippen LogP contribution in [0, 0.1) is 5.92 Å². The van der Waals surface area contributed by atoms with Crippen molar-refractivity contribution in [2.24, 2.45) is 11.0 Å². The molecule has 0 aromatic heterocycles. The van der Waals surface area contributed by atoms with Gasteiger partial charge in [-0.05, 0) is 45.6 Å². The van der Waals surface area contributed by atoms with Crippen molar-refractivity contribution in [3.05, 3.63) is 35.9 Å². The van der Waals surface area contributed by atoms with Crippen LogP contribution in [0.2, 0.25) is 0 Å². The highest BCUT2D eigenvalue weighted by Gasteiger charge is 2.61. The van der Waals surface area contributed by atoms with E-state index in [2.05, 4.69) is 10.5 Å². The van der Waals surface area contributed by atoms with Gasteiger partial charge in [0.05, 0.1) is 6.61 Å². The maximum Gasteiger partial charge on any atom is 0.354 e. The quantitative estimate of drug-likeness (QED) is 0.588. The highest BCUT2D eigenvalue weighted by Crippen LogP contribution is 2.44. The lowest BCUT2D eigenvalue weighted by Gasteiger charge is -2.39. The van der Waals surface area contributed by atoms with Gasteiger partial charge in [-0.3, -0.25) is 15.0 Å². The molecule has 2 fully saturated rings. The van der Waals surface area contributed by atoms with Crippen LogP contribution in [-0.2, 0) is 25.7 Å². The summed E-state index contributed by atoms with van der Waals surface area (Å²) >= 11 is 0. The molecule has 1 saturated carbocycles. The minimum Gasteiger partial charge on any atom is -0.461 e. The Hall–Kier alpha value is -2.74. The second-order valence-electron chi connectivity index (χ2n) is 8.79. The molecule has 4 rings (SSSR count). The lowest BCUT2D eigenvalue weighted by atomic mass is 9.84. The Morgan fingerprint density at radius 3 is 2.70 bits per heavy atom. The van der Waals surface area contributed by atoms with Crippen molar-refractivity contribution in [2.45, 2.75) is 64.1 Å². The van der Waals surface area contributed by atoms with Gasteiger partial charge < -0.3 is 4.74 Å². The first-order valence-corrected chi connectivity index (χ1v) is 10.5. The topological polar surface area (TPSA) is 91.3 Å². The lowest BCUT2D eigenvalue weighted by molar-refractivity contribution is -0.166. The van der Waals surface area contributed by atoms with Gasteiger partial charge in [-0.1, -0.05) is 30.3 Å². The molecule has 0 bridgehead atoms. The van der Waals surface area contributed by atoms with Crippen LogP contribution in [0.3, 0.4) is 0 Å². The van der Waals surface area contributed by atoms with E-state index in [0.717, 1.165) is 12.0 Å². The summed E-state index contributed by atoms with van der Waals surface area (Å²) in [5.41, 5.74) is 2.64. The summed E-state index contributed by atoms with van der Waals surface area (Å²) in [6, 6.07) is 9.78. The third-order valence-corrected chi connectivity index (χ3v) is 6.36. The van der Waals surface area contributed by atoms with Crippen molar-refractivity contribution >= 4 is 23.5 Å². The minimum absolute atomic E-state index is 0.229. The van der Waals surface area contributed by atoms with Crippen LogP contribution >= 0.6 is 0 Å². The fourth-order valence-corrected chi connectivity index (χ4v) is 4.84. The number of benzene rings is 1. The third kappa shape index (κ3) is 3.19. The highest BCUT2D eigenvalue weighted by molar-refractivity contribution is 6.39. The second kappa shape index (κ2) is 7.50. The summed E-state index contributed by atoms with van der Waals surface area (Å²) in [6.07, 6.45) is 2.19. The molecule has 8 heteroatoms. The number of nitrogens with zero attached hydrogens (tertiary/aromatic N) is 3. The molecule has 2 amide bonds. The second-order valence-corrected chi connectivity index (χ2v) is 8.79. The summed E-state index contributed by atoms with van der Waals surface area (Å²) in [4.78, 5) is 39.2. The molecule has 8 nitrogen and oxygen atoms in total. The Bertz CT molecular complexity index is 898. The van der Waals surface area contributed by atoms with Gasteiger partial charge in [-0.15, -0.1) is 0 Å². The molecule has 1 saturated heterocycles. The van der Waals surface area contributed by atoms with Crippen LogP contribution in [0.4, 0.5) is 0 Å². The Balaban J connectivity index is 1.64. The van der Waals surface area contributed by atoms with E-state index in [9.17, 15) is 14.4 Å². The van der Waals surface area contributed by atoms with E-state index in [1.165, 1.54) is 5.01 Å². The molecule has 1 aromatic carbocycles. The molecule has 2 atom stereocenters. The zero-order valence-corrected chi connectivity index (χ0v) is 17.7. The molecule has 1 N–H and O–H groups in total. The number of nitrogens with one attached hydrogen (secondary N) is 1. The Morgan fingerprint density at radius 2 is 2.00 bits per heavy atom. The van der Waals surface area contributed by atoms with E-state index in [1.807, 2.05) is 49.2 Å². The summed E-state index contributed by atoms with van der Waals surface area (Å²) in [6.45, 7) is 6.36. The number of hydrogen-bond acceptors (Lipinski definition) is 7. The molecular weight excluding hydrogens is 384 g/mol. The average Bonchev–Trinajstić information content (AvgIpc) is 3.33. The van der Waals surface area contributed by atoms with Crippen LogP contribution in [0.15, 0.2) is 35.4 Å². The normalized spacial score (nSPS) is 27.6. The first-order valence-electron chi connectivity index (χ1n) is 10.5. The van der Waals surface area contributed by atoms with Gasteiger partial charge in [0.15, 0.2) is 5.71 Å². The molecule has 0 spiro atoms. The zero-order chi connectivity index (χ0) is 21.5. The van der Waals surface area contributed by atoms with Crippen LogP contribution in [0.1, 0.15) is 52.0 Å². The fourth-order valence-electron chi connectivity index (χ4n) is 4.84. The smallest absolute Gasteiger partial charge is 0.354 e. The van der Waals surface area contributed by atoms with E-state index < -0.39 is 17.0 Å². The van der Waals surface area contributed by atoms with Crippen molar-refractivity contribution < 1.29 is 19.1 Å². The standard InChI is InChI=1S/C22H28N4O4/c1-4-30-19(28)18-16-11-8-12-22(16,24-23-18)20(29)26-17(27)13-21(2,3)25(26)14-15-9-6-5-7-10-15/h5-7,9-10,16,24H,4,8,11-14H2,1-3H3/t16-,22-/m1/s1. The van der Waals surface area contributed by atoms with Gasteiger partial charge >= 0.3 is 5.97 Å². The first kappa shape index (κ1) is 20.5. The summed E-state index contributed by atoms with van der Waals surface area (Å²) < 4.78 is 5.13. The van der Waals surface area contributed by atoms with Gasteiger partial charge in [-0.25, -0.2) is 14.8 Å². The molecule has 160 valence electrons. The number of fused-ring (bicyclic) bond motifs is 1. The largest absolute Gasteiger partial charge is 0.461 e. The fraction of sp³-hybridized carbons (Fsp3) is 0.545. The number of amides is 2. The van der Waals surface area contributed by atoms with E-state index in [4.69, 9.17) is 4.74 Å². The molecular formula is C22H28N4O4. The molecule has 3 aliphatic rings. The maximum atomic E-state index is 13.9. The number of ether oxygens (including phenoxy) is 1. The molecule has 2 heterocycles. The highest BCUT2D eigenvalue weighted by atomic mass is 16.5. The van der Waals surface area contributed by atoms with E-state index in [0.29, 0.717) is 19.4 Å². The number of esters is 1. The van der Waals surface area contributed by atoms with Crippen LogP contribution < -0.4 is 5.43 Å². The molecule has 30 heavy (non-hydrogen) atoms. The number of carbonyl (C=O) groups is 3. The number of hydrazine groups is 1. The van der Waals surface area contributed by atoms with Gasteiger partial charge in [0, 0.05) is 24.4 Å². The monoisotopic (exact) mass is 412 g/mol. The van der Waals surface area contributed by atoms with Crippen molar-refractivity contribution in [3.8, 4) is 0 Å². The van der Waals surface area contributed by atoms with Crippen molar-refractivity contribution in [1.82, 2.24) is 15.4 Å². The molecule has 0 radical (unpaired) electrons. The third-order valence-electron chi connectivity index (χ3n) is 6.36. The number of imide groups is 1. The average molecular weight is 412 g/mol. The predicted octanol–water partition coefficient (Wildman–Crippen LogP) is 2.00. The SMILES string of the molecule is CCOC(=O)C1=NN[C@]2(C(=O)N3C(=O)CC(C)(C)N3Cc3ccccc3)CCC[C@H]12. The summed E-state index contributed by atoms with van der Waals surface area (Å²) in [5.74, 6) is -1.45. The Labute approximate surface area is 176 Å². The van der Waals surface area contributed by atoms with Crippen LogP contribution in [-0.4, -0.2) is 51.2 Å². The van der Waals surface area contributed by atoms with Gasteiger partial charge in [0.1, 0.15) is 5.54 Å². The van der Waals surface area contributed by atoms with Gasteiger partial charge in [0.2, 0.25) is 5.91 Å². The minimum atomic E-state index is -1.08. The molecule has 1 aromatic rings. The van der Waals surface area contributed by atoms with E-state index in [1.54, 1.807) is 6.92 Å².